The summed E-state index contributed by atoms with van der Waals surface area (Å²) in [6.07, 6.45) is 6.97. The Hall–Kier alpha value is -3.26. The highest BCUT2D eigenvalue weighted by molar-refractivity contribution is 5.97. The number of fused-ring (bicyclic) bond motifs is 1. The van der Waals surface area contributed by atoms with Crippen LogP contribution < -0.4 is 15.4 Å². The van der Waals surface area contributed by atoms with Crippen molar-refractivity contribution in [1.82, 2.24) is 10.6 Å². The number of hydrogen-bond acceptors (Lipinski definition) is 4. The molecule has 2 N–H and O–H groups in total. The maximum absolute atomic E-state index is 12.7. The van der Waals surface area contributed by atoms with Gasteiger partial charge >= 0.3 is 0 Å². The lowest BCUT2D eigenvalue weighted by Crippen LogP contribution is -2.30. The average Bonchev–Trinajstić information content (AvgIpc) is 2.80. The number of nitrogens with one attached hydrogen (secondary N) is 2. The van der Waals surface area contributed by atoms with E-state index in [1.807, 2.05) is 37.3 Å². The normalized spacial score (nSPS) is 14.2. The van der Waals surface area contributed by atoms with E-state index >= 15 is 0 Å². The Balaban J connectivity index is 1.62. The molecule has 1 aliphatic rings. The standard InChI is InChI=1S/C25H29N3O2/c1-3-24(21-11-10-19-6-4-5-7-20(19)14-21)28-25(29)22(15-26)17-27-16-18-8-12-23(30-2)13-9-18/h8-14,17,24,27H,3-7,16H2,1-2H3,(H,28,29)/b22-17-. The fourth-order valence-electron chi connectivity index (χ4n) is 3.79. The van der Waals surface area contributed by atoms with Gasteiger partial charge in [-0.2, -0.15) is 5.26 Å². The number of hydrogen-bond donors (Lipinski definition) is 2. The van der Waals surface area contributed by atoms with Gasteiger partial charge in [-0.1, -0.05) is 37.3 Å². The summed E-state index contributed by atoms with van der Waals surface area (Å²) >= 11 is 0. The first-order chi connectivity index (χ1) is 14.6. The average molecular weight is 404 g/mol. The minimum Gasteiger partial charge on any atom is -0.497 e. The van der Waals surface area contributed by atoms with E-state index in [1.54, 1.807) is 7.11 Å². The smallest absolute Gasteiger partial charge is 0.263 e. The van der Waals surface area contributed by atoms with E-state index in [-0.39, 0.29) is 17.5 Å². The van der Waals surface area contributed by atoms with E-state index in [9.17, 15) is 10.1 Å². The van der Waals surface area contributed by atoms with Crippen molar-refractivity contribution in [2.24, 2.45) is 0 Å². The Kier molecular flexibility index (Phi) is 7.51. The van der Waals surface area contributed by atoms with Gasteiger partial charge in [-0.05, 0) is 66.5 Å². The number of amides is 1. The Bertz CT molecular complexity index is 942. The molecule has 2 aromatic carbocycles. The van der Waals surface area contributed by atoms with Crippen molar-refractivity contribution in [1.29, 1.82) is 5.26 Å². The van der Waals surface area contributed by atoms with E-state index < -0.39 is 0 Å². The molecule has 0 aromatic heterocycles. The summed E-state index contributed by atoms with van der Waals surface area (Å²) in [4.78, 5) is 12.7. The molecule has 5 nitrogen and oxygen atoms in total. The summed E-state index contributed by atoms with van der Waals surface area (Å²) in [5, 5.41) is 15.5. The van der Waals surface area contributed by atoms with Crippen LogP contribution in [0.4, 0.5) is 0 Å². The van der Waals surface area contributed by atoms with Crippen LogP contribution in [0.5, 0.6) is 5.75 Å². The molecule has 0 saturated carbocycles. The first-order valence-electron chi connectivity index (χ1n) is 10.5. The molecule has 1 amide bonds. The molecule has 1 atom stereocenters. The lowest BCUT2D eigenvalue weighted by molar-refractivity contribution is -0.117. The number of methoxy groups -OCH3 is 1. The summed E-state index contributed by atoms with van der Waals surface area (Å²) in [6, 6.07) is 16.1. The highest BCUT2D eigenvalue weighted by Gasteiger charge is 2.18. The molecule has 0 bridgehead atoms. The van der Waals surface area contributed by atoms with Crippen LogP contribution in [-0.2, 0) is 24.2 Å². The second-order valence-electron chi connectivity index (χ2n) is 7.57. The maximum Gasteiger partial charge on any atom is 0.263 e. The van der Waals surface area contributed by atoms with Gasteiger partial charge in [0.2, 0.25) is 0 Å². The van der Waals surface area contributed by atoms with E-state index in [2.05, 4.69) is 28.8 Å². The van der Waals surface area contributed by atoms with Gasteiger partial charge in [0.1, 0.15) is 17.4 Å². The first-order valence-corrected chi connectivity index (χ1v) is 10.5. The third-order valence-corrected chi connectivity index (χ3v) is 5.57. The van der Waals surface area contributed by atoms with Crippen LogP contribution in [0.3, 0.4) is 0 Å². The third kappa shape index (κ3) is 5.42. The van der Waals surface area contributed by atoms with Crippen LogP contribution in [0.1, 0.15) is 54.5 Å². The van der Waals surface area contributed by atoms with Gasteiger partial charge in [0, 0.05) is 12.7 Å². The Morgan fingerprint density at radius 2 is 1.90 bits per heavy atom. The fraction of sp³-hybridized carbons (Fsp3) is 0.360. The molecule has 1 unspecified atom stereocenters. The van der Waals surface area contributed by atoms with Gasteiger partial charge in [-0.25, -0.2) is 0 Å². The zero-order valence-corrected chi connectivity index (χ0v) is 17.7. The molecule has 0 fully saturated rings. The summed E-state index contributed by atoms with van der Waals surface area (Å²) < 4.78 is 5.15. The molecule has 156 valence electrons. The maximum atomic E-state index is 12.7. The zero-order valence-electron chi connectivity index (χ0n) is 17.7. The van der Waals surface area contributed by atoms with Crippen molar-refractivity contribution < 1.29 is 9.53 Å². The Morgan fingerprint density at radius 3 is 2.57 bits per heavy atom. The lowest BCUT2D eigenvalue weighted by atomic mass is 9.88. The second-order valence-corrected chi connectivity index (χ2v) is 7.57. The minimum absolute atomic E-state index is 0.0694. The molecule has 0 heterocycles. The molecular weight excluding hydrogens is 374 g/mol. The van der Waals surface area contributed by atoms with Crippen molar-refractivity contribution >= 4 is 5.91 Å². The van der Waals surface area contributed by atoms with Crippen molar-refractivity contribution in [2.45, 2.75) is 51.6 Å². The predicted molar refractivity (Wildman–Crippen MR) is 118 cm³/mol. The number of rotatable bonds is 8. The van der Waals surface area contributed by atoms with Gasteiger partial charge < -0.3 is 15.4 Å². The van der Waals surface area contributed by atoms with Crippen molar-refractivity contribution in [3.63, 3.8) is 0 Å². The molecule has 3 rings (SSSR count). The van der Waals surface area contributed by atoms with Gasteiger partial charge in [0.15, 0.2) is 0 Å². The number of nitrogens with zero attached hydrogens (tertiary/aromatic N) is 1. The first kappa shape index (κ1) is 21.4. The largest absolute Gasteiger partial charge is 0.497 e. The second kappa shape index (κ2) is 10.5. The summed E-state index contributed by atoms with van der Waals surface area (Å²) in [5.74, 6) is 0.434. The Morgan fingerprint density at radius 1 is 1.17 bits per heavy atom. The van der Waals surface area contributed by atoms with Crippen LogP contribution in [0, 0.1) is 11.3 Å². The number of carbonyl (C=O) groups is 1. The Labute approximate surface area is 178 Å². The molecule has 30 heavy (non-hydrogen) atoms. The highest BCUT2D eigenvalue weighted by atomic mass is 16.5. The quantitative estimate of drug-likeness (QED) is 0.508. The van der Waals surface area contributed by atoms with Gasteiger partial charge in [0.25, 0.3) is 5.91 Å². The van der Waals surface area contributed by atoms with Gasteiger partial charge in [-0.3, -0.25) is 4.79 Å². The topological polar surface area (TPSA) is 74.2 Å². The van der Waals surface area contributed by atoms with Gasteiger partial charge in [-0.15, -0.1) is 0 Å². The van der Waals surface area contributed by atoms with Crippen LogP contribution in [0.25, 0.3) is 0 Å². The van der Waals surface area contributed by atoms with Crippen molar-refractivity contribution in [2.75, 3.05) is 7.11 Å². The van der Waals surface area contributed by atoms with E-state index in [0.29, 0.717) is 6.54 Å². The van der Waals surface area contributed by atoms with E-state index in [0.717, 1.165) is 36.1 Å². The summed E-state index contributed by atoms with van der Waals surface area (Å²) in [7, 11) is 1.63. The predicted octanol–water partition coefficient (Wildman–Crippen LogP) is 4.34. The summed E-state index contributed by atoms with van der Waals surface area (Å²) in [6.45, 7) is 2.56. The van der Waals surface area contributed by atoms with Crippen LogP contribution in [0.15, 0.2) is 54.2 Å². The number of nitriles is 1. The molecule has 0 radical (unpaired) electrons. The van der Waals surface area contributed by atoms with Crippen LogP contribution in [-0.4, -0.2) is 13.0 Å². The van der Waals surface area contributed by atoms with E-state index in [1.165, 1.54) is 30.2 Å². The fourth-order valence-corrected chi connectivity index (χ4v) is 3.79. The molecule has 5 heteroatoms. The third-order valence-electron chi connectivity index (χ3n) is 5.57. The van der Waals surface area contributed by atoms with Gasteiger partial charge in [0.05, 0.1) is 13.2 Å². The number of aryl methyl sites for hydroxylation is 2. The number of benzene rings is 2. The molecule has 2 aromatic rings. The van der Waals surface area contributed by atoms with Crippen molar-refractivity contribution in [3.05, 3.63) is 76.5 Å². The highest BCUT2D eigenvalue weighted by Crippen LogP contribution is 2.26. The minimum atomic E-state index is -0.357. The molecular formula is C25H29N3O2. The number of carbonyl (C=O) groups excluding carboxylic acids is 1. The lowest BCUT2D eigenvalue weighted by Gasteiger charge is -2.21. The molecule has 0 saturated heterocycles. The summed E-state index contributed by atoms with van der Waals surface area (Å²) in [5.41, 5.74) is 5.02. The zero-order chi connectivity index (χ0) is 21.3. The molecule has 1 aliphatic carbocycles. The van der Waals surface area contributed by atoms with Crippen LogP contribution in [0.2, 0.25) is 0 Å². The van der Waals surface area contributed by atoms with E-state index in [4.69, 9.17) is 4.74 Å². The monoisotopic (exact) mass is 403 g/mol. The molecule has 0 spiro atoms. The van der Waals surface area contributed by atoms with Crippen LogP contribution >= 0.6 is 0 Å². The number of ether oxygens (including phenoxy) is 1. The van der Waals surface area contributed by atoms with Crippen molar-refractivity contribution in [3.8, 4) is 11.8 Å². The molecule has 0 aliphatic heterocycles. The SMILES string of the molecule is CCC(NC(=O)/C(C#N)=C\NCc1ccc(OC)cc1)c1ccc2c(c1)CCCC2.